The van der Waals surface area contributed by atoms with E-state index in [1.807, 2.05) is 0 Å². The second-order valence-corrected chi connectivity index (χ2v) is 20.0. The van der Waals surface area contributed by atoms with Crippen LogP contribution in [0.4, 0.5) is 0 Å². The van der Waals surface area contributed by atoms with E-state index >= 15 is 0 Å². The molecule has 0 spiro atoms. The first-order chi connectivity index (χ1) is 22.7. The molecule has 0 aromatic heterocycles. The Balaban J connectivity index is 1.51. The van der Waals surface area contributed by atoms with Gasteiger partial charge in [-0.1, -0.05) is 182 Å². The molecule has 0 bridgehead atoms. The Hall–Kier alpha value is -4.08. The lowest BCUT2D eigenvalue weighted by atomic mass is 10.2. The molecule has 6 aromatic rings. The van der Waals surface area contributed by atoms with Gasteiger partial charge in [-0.05, 0) is 33.4 Å². The van der Waals surface area contributed by atoms with Crippen LogP contribution in [0.3, 0.4) is 0 Å². The van der Waals surface area contributed by atoms with Crippen LogP contribution in [0.2, 0.25) is 0 Å². The summed E-state index contributed by atoms with van der Waals surface area (Å²) in [7, 11) is -3.45. The Morgan fingerprint density at radius 3 is 0.543 bits per heavy atom. The van der Waals surface area contributed by atoms with Crippen LogP contribution in [0.15, 0.2) is 194 Å². The predicted octanol–water partition coefficient (Wildman–Crippen LogP) is 12.7. The van der Waals surface area contributed by atoms with Gasteiger partial charge in [0.25, 0.3) is 0 Å². The van der Waals surface area contributed by atoms with Gasteiger partial charge >= 0.3 is 0 Å². The van der Waals surface area contributed by atoms with Crippen molar-refractivity contribution in [1.82, 2.24) is 0 Å². The van der Waals surface area contributed by atoms with Crippen LogP contribution < -0.4 is 0 Å². The third-order valence-corrected chi connectivity index (χ3v) is 16.5. The molecule has 0 heterocycles. The van der Waals surface area contributed by atoms with E-state index in [2.05, 4.69) is 194 Å². The van der Waals surface area contributed by atoms with E-state index in [9.17, 15) is 0 Å². The number of rotatable bonds is 14. The minimum Gasteiger partial charge on any atom is -0.0622 e. The molecule has 0 saturated carbocycles. The van der Waals surface area contributed by atoms with Gasteiger partial charge in [0.1, 0.15) is 0 Å². The van der Waals surface area contributed by atoms with Crippen molar-refractivity contribution >= 4 is 14.5 Å². The van der Waals surface area contributed by atoms with Crippen molar-refractivity contribution in [3.63, 3.8) is 0 Å². The average molecular weight is 635 g/mol. The maximum Gasteiger partial charge on any atom is 0.0943 e. The van der Waals surface area contributed by atoms with Gasteiger partial charge in [0.05, 0.1) is 63.1 Å². The molecule has 6 rings (SSSR count). The lowest BCUT2D eigenvalue weighted by Crippen LogP contribution is -2.06. The summed E-state index contributed by atoms with van der Waals surface area (Å²) in [5, 5.41) is 0. The molecule has 0 radical (unpaired) electrons. The zero-order valence-corrected chi connectivity index (χ0v) is 28.4. The third-order valence-electron chi connectivity index (χ3n) is 8.74. The van der Waals surface area contributed by atoms with Crippen LogP contribution in [-0.4, -0.2) is 0 Å². The summed E-state index contributed by atoms with van der Waals surface area (Å²) in [4.78, 5) is 0. The van der Waals surface area contributed by atoms with Crippen molar-refractivity contribution in [2.24, 2.45) is 0 Å². The van der Waals surface area contributed by atoms with Gasteiger partial charge in [-0.2, -0.15) is 0 Å². The molecule has 0 unspecified atom stereocenters. The standard InChI is InChI=1S/C44H44P2/c1-7-19-39(20-8-1)33-45(34-40-21-9-2-10-22-40,35-41-23-11-3-12-24-41)31-32-46(36-42-25-13-4-14-26-42,37-43-27-15-5-16-28-43)38-44-29-17-6-18-30-44/h1-32H,33-38H2/q+2. The van der Waals surface area contributed by atoms with Crippen molar-refractivity contribution in [2.45, 2.75) is 37.0 Å². The molecular formula is C44H44P2+2. The van der Waals surface area contributed by atoms with Crippen LogP contribution in [0.25, 0.3) is 0 Å². The van der Waals surface area contributed by atoms with Gasteiger partial charge in [0.15, 0.2) is 0 Å². The Morgan fingerprint density at radius 1 is 0.239 bits per heavy atom. The van der Waals surface area contributed by atoms with Gasteiger partial charge < -0.3 is 0 Å². The van der Waals surface area contributed by atoms with E-state index in [0.29, 0.717) is 0 Å². The van der Waals surface area contributed by atoms with Crippen LogP contribution in [0, 0.1) is 0 Å². The van der Waals surface area contributed by atoms with Crippen LogP contribution in [0.1, 0.15) is 33.4 Å². The van der Waals surface area contributed by atoms with E-state index in [1.165, 1.54) is 33.4 Å². The summed E-state index contributed by atoms with van der Waals surface area (Å²) in [5.41, 5.74) is 8.61. The van der Waals surface area contributed by atoms with Crippen molar-refractivity contribution < 1.29 is 0 Å². The van der Waals surface area contributed by atoms with Gasteiger partial charge in [-0.15, -0.1) is 0 Å². The quantitative estimate of drug-likeness (QED) is 0.105. The smallest absolute Gasteiger partial charge is 0.0622 e. The van der Waals surface area contributed by atoms with E-state index in [-0.39, 0.29) is 0 Å². The minimum atomic E-state index is -1.73. The van der Waals surface area contributed by atoms with Gasteiger partial charge in [-0.25, -0.2) is 0 Å². The minimum absolute atomic E-state index is 1.09. The molecule has 0 saturated heterocycles. The Bertz CT molecular complexity index is 1410. The van der Waals surface area contributed by atoms with Crippen molar-refractivity contribution in [3.05, 3.63) is 227 Å². The fourth-order valence-corrected chi connectivity index (χ4v) is 15.8. The first-order valence-corrected chi connectivity index (χ1v) is 21.2. The molecule has 0 aliphatic heterocycles. The lowest BCUT2D eigenvalue weighted by molar-refractivity contribution is 1.23. The van der Waals surface area contributed by atoms with E-state index in [4.69, 9.17) is 0 Å². The zero-order chi connectivity index (χ0) is 31.3. The zero-order valence-electron chi connectivity index (χ0n) is 26.6. The summed E-state index contributed by atoms with van der Waals surface area (Å²) >= 11 is 0. The summed E-state index contributed by atoms with van der Waals surface area (Å²) in [6.45, 7) is 0. The molecule has 0 aliphatic carbocycles. The first-order valence-electron chi connectivity index (χ1n) is 16.3. The van der Waals surface area contributed by atoms with E-state index in [1.54, 1.807) is 0 Å². The molecule has 0 nitrogen and oxygen atoms in total. The van der Waals surface area contributed by atoms with Gasteiger partial charge in [0.2, 0.25) is 0 Å². The summed E-state index contributed by atoms with van der Waals surface area (Å²) in [5.74, 6) is 5.59. The third kappa shape index (κ3) is 9.23. The molecule has 0 N–H and O–H groups in total. The van der Waals surface area contributed by atoms with Crippen molar-refractivity contribution in [3.8, 4) is 0 Å². The van der Waals surface area contributed by atoms with Gasteiger partial charge in [0, 0.05) is 0 Å². The number of hydrogen-bond donors (Lipinski definition) is 0. The number of benzene rings is 6. The molecule has 0 aliphatic rings. The molecular weight excluding hydrogens is 590 g/mol. The van der Waals surface area contributed by atoms with Crippen LogP contribution in [0.5, 0.6) is 0 Å². The van der Waals surface area contributed by atoms with Gasteiger partial charge in [-0.3, -0.25) is 0 Å². The molecule has 6 aromatic carbocycles. The second kappa shape index (κ2) is 16.0. The molecule has 0 atom stereocenters. The van der Waals surface area contributed by atoms with Crippen LogP contribution in [-0.2, 0) is 37.0 Å². The highest BCUT2D eigenvalue weighted by molar-refractivity contribution is 7.80. The largest absolute Gasteiger partial charge is 0.0943 e. The Morgan fingerprint density at radius 2 is 0.391 bits per heavy atom. The highest BCUT2D eigenvalue weighted by Crippen LogP contribution is 2.74. The molecule has 228 valence electrons. The fraction of sp³-hybridized carbons (Fsp3) is 0.136. The molecule has 46 heavy (non-hydrogen) atoms. The maximum absolute atomic E-state index is 2.79. The normalized spacial score (nSPS) is 11.9. The van der Waals surface area contributed by atoms with Crippen LogP contribution >= 0.6 is 14.5 Å². The van der Waals surface area contributed by atoms with Crippen molar-refractivity contribution in [1.29, 1.82) is 0 Å². The maximum atomic E-state index is 2.79. The SMILES string of the molecule is C(=C[P+](Cc1ccccc1)(Cc1ccccc1)Cc1ccccc1)[P+](Cc1ccccc1)(Cc1ccccc1)Cc1ccccc1. The summed E-state index contributed by atoms with van der Waals surface area (Å²) in [6.07, 6.45) is 6.56. The monoisotopic (exact) mass is 634 g/mol. The molecule has 2 heteroatoms. The van der Waals surface area contributed by atoms with E-state index in [0.717, 1.165) is 37.0 Å². The Labute approximate surface area is 277 Å². The first kappa shape index (κ1) is 31.9. The topological polar surface area (TPSA) is 0 Å². The summed E-state index contributed by atoms with van der Waals surface area (Å²) < 4.78 is 0. The Kier molecular flexibility index (Phi) is 11.1. The highest BCUT2D eigenvalue weighted by Gasteiger charge is 2.42. The molecule has 0 amide bonds. The summed E-state index contributed by atoms with van der Waals surface area (Å²) in [6, 6.07) is 67.3. The average Bonchev–Trinajstić information content (AvgIpc) is 3.10. The predicted molar refractivity (Wildman–Crippen MR) is 204 cm³/mol. The van der Waals surface area contributed by atoms with E-state index < -0.39 is 14.5 Å². The second-order valence-electron chi connectivity index (χ2n) is 12.6. The highest BCUT2D eigenvalue weighted by atomic mass is 31.2. The van der Waals surface area contributed by atoms with Crippen molar-refractivity contribution in [2.75, 3.05) is 0 Å². The lowest BCUT2D eigenvalue weighted by Gasteiger charge is -2.28. The molecule has 0 fully saturated rings. The fourth-order valence-electron chi connectivity index (χ4n) is 6.62. The number of hydrogen-bond acceptors (Lipinski definition) is 0.